The molecular weight excluding hydrogens is 186 g/mol. The van der Waals surface area contributed by atoms with E-state index in [1.54, 1.807) is 18.3 Å². The molecule has 1 aromatic heterocycles. The highest BCUT2D eigenvalue weighted by atomic mass is 16.7. The molecule has 6 heteroatoms. The molecule has 1 aromatic rings. The zero-order valence-electron chi connectivity index (χ0n) is 7.04. The van der Waals surface area contributed by atoms with E-state index in [0.29, 0.717) is 5.69 Å². The van der Waals surface area contributed by atoms with Crippen LogP contribution in [0.15, 0.2) is 30.8 Å². The minimum absolute atomic E-state index is 0.0323. The summed E-state index contributed by atoms with van der Waals surface area (Å²) in [4.78, 5) is 19.3. The zero-order chi connectivity index (χ0) is 9.97. The van der Waals surface area contributed by atoms with Crippen LogP contribution in [0.1, 0.15) is 10.5 Å². The number of hydrogen-bond donors (Lipinski definition) is 2. The minimum atomic E-state index is -1.08. The fourth-order valence-electron chi connectivity index (χ4n) is 1.09. The molecule has 0 saturated heterocycles. The normalized spacial score (nSPS) is 14.1. The summed E-state index contributed by atoms with van der Waals surface area (Å²) in [7, 11) is 0. The lowest BCUT2D eigenvalue weighted by molar-refractivity contribution is 0.0690. The van der Waals surface area contributed by atoms with Gasteiger partial charge < -0.3 is 9.94 Å². The van der Waals surface area contributed by atoms with Crippen molar-refractivity contribution in [2.45, 2.75) is 0 Å². The largest absolute Gasteiger partial charge is 0.476 e. The molecule has 0 atom stereocenters. The lowest BCUT2D eigenvalue weighted by Gasteiger charge is -2.14. The highest BCUT2D eigenvalue weighted by Gasteiger charge is 2.17. The van der Waals surface area contributed by atoms with Crippen LogP contribution in [0.5, 0.6) is 0 Å². The lowest BCUT2D eigenvalue weighted by Crippen LogP contribution is -2.28. The number of pyridine rings is 1. The highest BCUT2D eigenvalue weighted by molar-refractivity contribution is 5.92. The van der Waals surface area contributed by atoms with Crippen LogP contribution in [0, 0.1) is 0 Å². The third-order valence-corrected chi connectivity index (χ3v) is 1.68. The van der Waals surface area contributed by atoms with Gasteiger partial charge in [-0.05, 0) is 12.1 Å². The Hall–Kier alpha value is -2.08. The van der Waals surface area contributed by atoms with Gasteiger partial charge in [-0.25, -0.2) is 14.8 Å². The average molecular weight is 193 g/mol. The fraction of sp³-hybridized carbons (Fsp3) is 0. The zero-order valence-corrected chi connectivity index (χ0v) is 7.04. The molecule has 0 aromatic carbocycles. The third-order valence-electron chi connectivity index (χ3n) is 1.68. The number of hydrazine groups is 1. The topological polar surface area (TPSA) is 74.7 Å². The number of anilines is 1. The van der Waals surface area contributed by atoms with Gasteiger partial charge in [0.05, 0.1) is 11.9 Å². The molecular formula is C8H7N3O3. The van der Waals surface area contributed by atoms with Crippen LogP contribution in [-0.4, -0.2) is 16.1 Å². The van der Waals surface area contributed by atoms with Crippen LogP contribution < -0.4 is 10.6 Å². The predicted octanol–water partition coefficient (Wildman–Crippen LogP) is 0.507. The monoisotopic (exact) mass is 193 g/mol. The van der Waals surface area contributed by atoms with Crippen LogP contribution in [0.3, 0.4) is 0 Å². The molecule has 1 aliphatic heterocycles. The molecule has 0 unspecified atom stereocenters. The summed E-state index contributed by atoms with van der Waals surface area (Å²) in [6.45, 7) is 0. The van der Waals surface area contributed by atoms with Gasteiger partial charge >= 0.3 is 5.97 Å². The van der Waals surface area contributed by atoms with Crippen molar-refractivity contribution in [3.05, 3.63) is 36.5 Å². The maximum atomic E-state index is 10.8. The summed E-state index contributed by atoms with van der Waals surface area (Å²) in [5.74, 6) is -1.08. The molecule has 0 saturated carbocycles. The summed E-state index contributed by atoms with van der Waals surface area (Å²) in [5, 5.41) is 10.3. The van der Waals surface area contributed by atoms with Crippen molar-refractivity contribution in [1.29, 1.82) is 0 Å². The van der Waals surface area contributed by atoms with Gasteiger partial charge in [-0.2, -0.15) is 0 Å². The second-order valence-corrected chi connectivity index (χ2v) is 2.54. The maximum absolute atomic E-state index is 10.8. The first-order valence-corrected chi connectivity index (χ1v) is 3.84. The molecule has 6 nitrogen and oxygen atoms in total. The Morgan fingerprint density at radius 3 is 3.14 bits per heavy atom. The average Bonchev–Trinajstić information content (AvgIpc) is 2.70. The molecule has 14 heavy (non-hydrogen) atoms. The summed E-state index contributed by atoms with van der Waals surface area (Å²) < 4.78 is 0. The van der Waals surface area contributed by atoms with Gasteiger partial charge in [0.15, 0.2) is 5.69 Å². The van der Waals surface area contributed by atoms with E-state index in [-0.39, 0.29) is 5.69 Å². The van der Waals surface area contributed by atoms with Crippen molar-refractivity contribution in [3.8, 4) is 0 Å². The Labute approximate surface area is 79.4 Å². The highest BCUT2D eigenvalue weighted by Crippen LogP contribution is 2.18. The van der Waals surface area contributed by atoms with Crippen LogP contribution in [0.25, 0.3) is 0 Å². The number of nitrogens with one attached hydrogen (secondary N) is 1. The van der Waals surface area contributed by atoms with Crippen molar-refractivity contribution in [3.63, 3.8) is 0 Å². The SMILES string of the molecule is O=C(O)c1ncccc1N1C=CON1. The Balaban J connectivity index is 2.40. The standard InChI is InChI=1S/C8H7N3O3/c12-8(13)7-6(2-1-3-9-7)11-4-5-14-10-11/h1-5,10H,(H,12,13). The van der Waals surface area contributed by atoms with Crippen molar-refractivity contribution in [2.24, 2.45) is 0 Å². The molecule has 0 radical (unpaired) electrons. The minimum Gasteiger partial charge on any atom is -0.476 e. The van der Waals surface area contributed by atoms with E-state index in [4.69, 9.17) is 9.94 Å². The molecule has 2 heterocycles. The van der Waals surface area contributed by atoms with E-state index in [0.717, 1.165) is 0 Å². The lowest BCUT2D eigenvalue weighted by atomic mass is 10.3. The van der Waals surface area contributed by atoms with Gasteiger partial charge in [-0.15, -0.1) is 0 Å². The van der Waals surface area contributed by atoms with E-state index in [2.05, 4.69) is 10.6 Å². The number of aromatic carboxylic acids is 1. The second-order valence-electron chi connectivity index (χ2n) is 2.54. The second kappa shape index (κ2) is 3.35. The summed E-state index contributed by atoms with van der Waals surface area (Å²) in [6.07, 6.45) is 4.38. The van der Waals surface area contributed by atoms with Gasteiger partial charge in [0, 0.05) is 6.20 Å². The number of nitrogens with zero attached hydrogens (tertiary/aromatic N) is 2. The van der Waals surface area contributed by atoms with E-state index in [1.807, 2.05) is 0 Å². The van der Waals surface area contributed by atoms with E-state index in [1.165, 1.54) is 17.5 Å². The molecule has 2 N–H and O–H groups in total. The Morgan fingerprint density at radius 2 is 2.50 bits per heavy atom. The number of carboxylic acid groups (broad SMARTS) is 1. The van der Waals surface area contributed by atoms with Crippen LogP contribution in [-0.2, 0) is 4.84 Å². The molecule has 0 bridgehead atoms. The van der Waals surface area contributed by atoms with Gasteiger partial charge in [-0.1, -0.05) is 5.59 Å². The summed E-state index contributed by atoms with van der Waals surface area (Å²) in [6, 6.07) is 3.28. The van der Waals surface area contributed by atoms with E-state index >= 15 is 0 Å². The van der Waals surface area contributed by atoms with Crippen molar-refractivity contribution in [1.82, 2.24) is 10.6 Å². The van der Waals surface area contributed by atoms with E-state index in [9.17, 15) is 4.79 Å². The first kappa shape index (κ1) is 8.52. The number of aromatic nitrogens is 1. The summed E-state index contributed by atoms with van der Waals surface area (Å²) in [5.41, 5.74) is 2.88. The third kappa shape index (κ3) is 1.38. The molecule has 0 spiro atoms. The molecule has 0 fully saturated rings. The number of carbonyl (C=O) groups is 1. The fourth-order valence-corrected chi connectivity index (χ4v) is 1.09. The van der Waals surface area contributed by atoms with Crippen molar-refractivity contribution in [2.75, 3.05) is 5.01 Å². The Morgan fingerprint density at radius 1 is 1.64 bits per heavy atom. The van der Waals surface area contributed by atoms with Crippen LogP contribution in [0.4, 0.5) is 5.69 Å². The Kier molecular flexibility index (Phi) is 2.04. The Bertz CT molecular complexity index is 391. The molecule has 1 aliphatic rings. The van der Waals surface area contributed by atoms with Crippen molar-refractivity contribution < 1.29 is 14.7 Å². The predicted molar refractivity (Wildman–Crippen MR) is 47.0 cm³/mol. The maximum Gasteiger partial charge on any atom is 0.356 e. The molecule has 72 valence electrons. The van der Waals surface area contributed by atoms with Gasteiger partial charge in [0.25, 0.3) is 0 Å². The number of hydrogen-bond acceptors (Lipinski definition) is 5. The van der Waals surface area contributed by atoms with E-state index < -0.39 is 5.97 Å². The first-order valence-electron chi connectivity index (χ1n) is 3.84. The summed E-state index contributed by atoms with van der Waals surface area (Å²) >= 11 is 0. The molecule has 0 amide bonds. The smallest absolute Gasteiger partial charge is 0.356 e. The molecule has 2 rings (SSSR count). The van der Waals surface area contributed by atoms with Crippen molar-refractivity contribution >= 4 is 11.7 Å². The van der Waals surface area contributed by atoms with Crippen LogP contribution in [0.2, 0.25) is 0 Å². The first-order chi connectivity index (χ1) is 6.79. The van der Waals surface area contributed by atoms with Crippen LogP contribution >= 0.6 is 0 Å². The number of carboxylic acids is 1. The molecule has 0 aliphatic carbocycles. The van der Waals surface area contributed by atoms with Gasteiger partial charge in [-0.3, -0.25) is 0 Å². The number of rotatable bonds is 2. The van der Waals surface area contributed by atoms with Gasteiger partial charge in [0.2, 0.25) is 0 Å². The quantitative estimate of drug-likeness (QED) is 0.712. The van der Waals surface area contributed by atoms with Gasteiger partial charge in [0.1, 0.15) is 6.26 Å².